The van der Waals surface area contributed by atoms with Crippen LogP contribution in [0.25, 0.3) is 0 Å². The molecule has 0 aliphatic carbocycles. The number of hydrogen-bond acceptors (Lipinski definition) is 2. The Bertz CT molecular complexity index is 473. The Morgan fingerprint density at radius 1 is 1.45 bits per heavy atom. The molecule has 1 fully saturated rings. The smallest absolute Gasteiger partial charge is 0.255 e. The molecule has 1 N–H and O–H groups in total. The maximum absolute atomic E-state index is 12.5. The second kappa shape index (κ2) is 7.43. The fourth-order valence-electron chi connectivity index (χ4n) is 2.53. The summed E-state index contributed by atoms with van der Waals surface area (Å²) in [6.45, 7) is 5.81. The number of amides is 1. The molecule has 0 radical (unpaired) electrons. The molecule has 3 nitrogen and oxygen atoms in total. The monoisotopic (exact) mass is 358 g/mol. The molecule has 1 saturated heterocycles. The van der Waals surface area contributed by atoms with Crippen LogP contribution in [0.5, 0.6) is 0 Å². The van der Waals surface area contributed by atoms with E-state index in [0.29, 0.717) is 16.5 Å². The molecule has 110 valence electrons. The van der Waals surface area contributed by atoms with Crippen molar-refractivity contribution in [2.24, 2.45) is 5.92 Å². The molecule has 0 bridgehead atoms. The highest BCUT2D eigenvalue weighted by Gasteiger charge is 2.24. The van der Waals surface area contributed by atoms with Crippen LogP contribution in [0.3, 0.4) is 0 Å². The number of nitrogens with zero attached hydrogens (tertiary/aromatic N) is 1. The second-order valence-corrected chi connectivity index (χ2v) is 6.38. The van der Waals surface area contributed by atoms with E-state index >= 15 is 0 Å². The van der Waals surface area contributed by atoms with Gasteiger partial charge in [-0.1, -0.05) is 24.6 Å². The van der Waals surface area contributed by atoms with Gasteiger partial charge in [0.15, 0.2) is 0 Å². The molecule has 2 rings (SSSR count). The average molecular weight is 360 g/mol. The van der Waals surface area contributed by atoms with E-state index in [9.17, 15) is 4.79 Å². The van der Waals surface area contributed by atoms with Gasteiger partial charge in [-0.2, -0.15) is 0 Å². The van der Waals surface area contributed by atoms with Gasteiger partial charge in [-0.05, 0) is 59.9 Å². The first-order chi connectivity index (χ1) is 9.63. The Kier molecular flexibility index (Phi) is 5.87. The van der Waals surface area contributed by atoms with Crippen LogP contribution < -0.4 is 5.32 Å². The van der Waals surface area contributed by atoms with E-state index in [1.165, 1.54) is 0 Å². The molecule has 0 atom stereocenters. The zero-order valence-corrected chi connectivity index (χ0v) is 14.0. The summed E-state index contributed by atoms with van der Waals surface area (Å²) in [7, 11) is 0. The molecule has 1 aliphatic heterocycles. The van der Waals surface area contributed by atoms with Gasteiger partial charge in [0.05, 0.1) is 10.6 Å². The van der Waals surface area contributed by atoms with E-state index < -0.39 is 0 Å². The summed E-state index contributed by atoms with van der Waals surface area (Å²) in [4.78, 5) is 14.4. The first kappa shape index (κ1) is 15.8. The first-order valence-electron chi connectivity index (χ1n) is 7.07. The number of piperidine rings is 1. The van der Waals surface area contributed by atoms with Crippen LogP contribution in [0.4, 0.5) is 0 Å². The van der Waals surface area contributed by atoms with Crippen molar-refractivity contribution in [1.82, 2.24) is 10.2 Å². The maximum atomic E-state index is 12.5. The highest BCUT2D eigenvalue weighted by atomic mass is 79.9. The van der Waals surface area contributed by atoms with Crippen LogP contribution in [-0.4, -0.2) is 37.0 Å². The topological polar surface area (TPSA) is 32.3 Å². The Morgan fingerprint density at radius 2 is 2.15 bits per heavy atom. The van der Waals surface area contributed by atoms with Crippen LogP contribution in [-0.2, 0) is 0 Å². The van der Waals surface area contributed by atoms with Gasteiger partial charge < -0.3 is 10.2 Å². The number of rotatable bonds is 4. The molecule has 1 aliphatic rings. The molecule has 0 saturated carbocycles. The van der Waals surface area contributed by atoms with Gasteiger partial charge >= 0.3 is 0 Å². The third-order valence-corrected chi connectivity index (χ3v) is 5.06. The van der Waals surface area contributed by atoms with Crippen molar-refractivity contribution < 1.29 is 4.79 Å². The van der Waals surface area contributed by atoms with E-state index in [4.69, 9.17) is 11.6 Å². The van der Waals surface area contributed by atoms with Gasteiger partial charge in [-0.25, -0.2) is 0 Å². The van der Waals surface area contributed by atoms with Gasteiger partial charge in [-0.15, -0.1) is 0 Å². The quantitative estimate of drug-likeness (QED) is 0.891. The molecule has 1 amide bonds. The molecule has 0 spiro atoms. The Hall–Kier alpha value is -0.580. The summed E-state index contributed by atoms with van der Waals surface area (Å²) in [6.07, 6.45) is 2.12. The molecule has 5 heteroatoms. The highest BCUT2D eigenvalue weighted by Crippen LogP contribution is 2.28. The Balaban J connectivity index is 1.96. The van der Waals surface area contributed by atoms with Crippen molar-refractivity contribution >= 4 is 33.4 Å². The number of carbonyl (C=O) groups is 1. The van der Waals surface area contributed by atoms with Gasteiger partial charge in [-0.3, -0.25) is 4.79 Å². The minimum atomic E-state index is 0.0400. The summed E-state index contributed by atoms with van der Waals surface area (Å²) < 4.78 is 0.770. The number of benzene rings is 1. The van der Waals surface area contributed by atoms with Crippen LogP contribution in [0.15, 0.2) is 22.7 Å². The fourth-order valence-corrected chi connectivity index (χ4v) is 3.10. The number of carbonyl (C=O) groups excluding carboxylic acids is 1. The van der Waals surface area contributed by atoms with E-state index in [0.717, 1.165) is 43.5 Å². The van der Waals surface area contributed by atoms with Gasteiger partial charge in [0, 0.05) is 17.6 Å². The molecule has 0 aromatic heterocycles. The van der Waals surface area contributed by atoms with Crippen molar-refractivity contribution in [2.75, 3.05) is 26.2 Å². The number of hydrogen-bond donors (Lipinski definition) is 1. The summed E-state index contributed by atoms with van der Waals surface area (Å²) in [5.41, 5.74) is 0.589. The SMILES string of the molecule is CCNCC1CCN(C(=O)c2cccc(Br)c2Cl)CC1. The average Bonchev–Trinajstić information content (AvgIpc) is 2.48. The molecule has 1 aromatic rings. The molecule has 20 heavy (non-hydrogen) atoms. The molecule has 1 heterocycles. The zero-order chi connectivity index (χ0) is 14.5. The van der Waals surface area contributed by atoms with Crippen molar-refractivity contribution in [3.8, 4) is 0 Å². The summed E-state index contributed by atoms with van der Waals surface area (Å²) in [6, 6.07) is 5.49. The number of nitrogens with one attached hydrogen (secondary N) is 1. The zero-order valence-electron chi connectivity index (χ0n) is 11.7. The van der Waals surface area contributed by atoms with Gasteiger partial charge in [0.25, 0.3) is 5.91 Å². The Morgan fingerprint density at radius 3 is 2.80 bits per heavy atom. The largest absolute Gasteiger partial charge is 0.339 e. The lowest BCUT2D eigenvalue weighted by molar-refractivity contribution is 0.0690. The predicted molar refractivity (Wildman–Crippen MR) is 86.3 cm³/mol. The number of likely N-dealkylation sites (tertiary alicyclic amines) is 1. The van der Waals surface area contributed by atoms with Crippen molar-refractivity contribution in [1.29, 1.82) is 0 Å². The summed E-state index contributed by atoms with van der Waals surface area (Å²) in [5.74, 6) is 0.718. The van der Waals surface area contributed by atoms with E-state index in [1.54, 1.807) is 6.07 Å². The first-order valence-corrected chi connectivity index (χ1v) is 8.24. The third-order valence-electron chi connectivity index (χ3n) is 3.77. The lowest BCUT2D eigenvalue weighted by atomic mass is 9.96. The van der Waals surface area contributed by atoms with Crippen molar-refractivity contribution in [3.05, 3.63) is 33.3 Å². The Labute approximate surface area is 133 Å². The van der Waals surface area contributed by atoms with Crippen LogP contribution in [0.2, 0.25) is 5.02 Å². The lowest BCUT2D eigenvalue weighted by Crippen LogP contribution is -2.40. The minimum absolute atomic E-state index is 0.0400. The summed E-state index contributed by atoms with van der Waals surface area (Å²) in [5, 5.41) is 3.89. The maximum Gasteiger partial charge on any atom is 0.255 e. The second-order valence-electron chi connectivity index (χ2n) is 5.14. The molecule has 1 aromatic carbocycles. The third kappa shape index (κ3) is 3.74. The molecular weight excluding hydrogens is 340 g/mol. The molecular formula is C15H20BrClN2O. The fraction of sp³-hybridized carbons (Fsp3) is 0.533. The highest BCUT2D eigenvalue weighted by molar-refractivity contribution is 9.10. The van der Waals surface area contributed by atoms with Crippen molar-refractivity contribution in [2.45, 2.75) is 19.8 Å². The van der Waals surface area contributed by atoms with E-state index in [2.05, 4.69) is 28.2 Å². The van der Waals surface area contributed by atoms with Gasteiger partial charge in [0.1, 0.15) is 0 Å². The van der Waals surface area contributed by atoms with Crippen LogP contribution >= 0.6 is 27.5 Å². The van der Waals surface area contributed by atoms with Gasteiger partial charge in [0.2, 0.25) is 0 Å². The van der Waals surface area contributed by atoms with E-state index in [-0.39, 0.29) is 5.91 Å². The van der Waals surface area contributed by atoms with E-state index in [1.807, 2.05) is 17.0 Å². The minimum Gasteiger partial charge on any atom is -0.339 e. The van der Waals surface area contributed by atoms with Crippen LogP contribution in [0.1, 0.15) is 30.1 Å². The number of halogens is 2. The lowest BCUT2D eigenvalue weighted by Gasteiger charge is -2.32. The molecule has 0 unspecified atom stereocenters. The van der Waals surface area contributed by atoms with Crippen molar-refractivity contribution in [3.63, 3.8) is 0 Å². The predicted octanol–water partition coefficient (Wildman–Crippen LogP) is 3.56. The summed E-state index contributed by atoms with van der Waals surface area (Å²) >= 11 is 9.57. The van der Waals surface area contributed by atoms with Crippen LogP contribution in [0, 0.1) is 5.92 Å². The normalized spacial score (nSPS) is 16.4. The standard InChI is InChI=1S/C15H20BrClN2O/c1-2-18-10-11-6-8-19(9-7-11)15(20)12-4-3-5-13(16)14(12)17/h3-5,11,18H,2,6-10H2,1H3.